The third kappa shape index (κ3) is 3.56. The van der Waals surface area contributed by atoms with E-state index in [9.17, 15) is 0 Å². The van der Waals surface area contributed by atoms with Gasteiger partial charge in [-0.25, -0.2) is 0 Å². The first kappa shape index (κ1) is 13.1. The molecule has 0 aliphatic heterocycles. The third-order valence-electron chi connectivity index (χ3n) is 2.21. The number of nitrogens with one attached hydrogen (secondary N) is 1. The zero-order chi connectivity index (χ0) is 12.3. The molecule has 1 aromatic carbocycles. The molecule has 0 atom stereocenters. The van der Waals surface area contributed by atoms with E-state index in [4.69, 9.17) is 0 Å². The van der Waals surface area contributed by atoms with Crippen molar-refractivity contribution in [1.82, 2.24) is 9.78 Å². The highest BCUT2D eigenvalue weighted by Gasteiger charge is 2.05. The van der Waals surface area contributed by atoms with Gasteiger partial charge in [0.05, 0.1) is 12.2 Å². The van der Waals surface area contributed by atoms with Gasteiger partial charge in [0, 0.05) is 32.4 Å². The van der Waals surface area contributed by atoms with Crippen LogP contribution in [0, 0.1) is 0 Å². The Kier molecular flexibility index (Phi) is 4.64. The van der Waals surface area contributed by atoms with E-state index in [1.807, 2.05) is 29.1 Å². The third-order valence-corrected chi connectivity index (χ3v) is 3.92. The van der Waals surface area contributed by atoms with Crippen molar-refractivity contribution in [3.8, 4) is 0 Å². The largest absolute Gasteiger partial charge is 0.381 e. The molecule has 0 unspecified atom stereocenters. The lowest BCUT2D eigenvalue weighted by atomic mass is 10.3. The molecule has 0 spiro atoms. The maximum atomic E-state index is 4.15. The molecule has 0 bridgehead atoms. The summed E-state index contributed by atoms with van der Waals surface area (Å²) in [5, 5.41) is 7.52. The zero-order valence-corrected chi connectivity index (χ0v) is 13.6. The molecule has 0 fully saturated rings. The summed E-state index contributed by atoms with van der Waals surface area (Å²) in [7, 11) is 0. The van der Waals surface area contributed by atoms with E-state index in [2.05, 4.69) is 58.2 Å². The van der Waals surface area contributed by atoms with E-state index in [0.717, 1.165) is 32.2 Å². The van der Waals surface area contributed by atoms with Crippen molar-refractivity contribution in [1.29, 1.82) is 0 Å². The van der Waals surface area contributed by atoms with Gasteiger partial charge in [-0.2, -0.15) is 5.10 Å². The first-order valence-electron chi connectivity index (χ1n) is 5.02. The van der Waals surface area contributed by atoms with Gasteiger partial charge in [-0.1, -0.05) is 15.9 Å². The van der Waals surface area contributed by atoms with Gasteiger partial charge in [0.1, 0.15) is 0 Å². The minimum absolute atomic E-state index is 0.820. The molecule has 0 saturated carbocycles. The van der Waals surface area contributed by atoms with Gasteiger partial charge >= 0.3 is 0 Å². The Morgan fingerprint density at radius 1 is 1.18 bits per heavy atom. The van der Waals surface area contributed by atoms with E-state index in [0.29, 0.717) is 0 Å². The Labute approximate surface area is 125 Å². The molecular formula is C11H10Br3N3. The monoisotopic (exact) mass is 421 g/mol. The fourth-order valence-corrected chi connectivity index (χ4v) is 3.98. The van der Waals surface area contributed by atoms with E-state index >= 15 is 0 Å². The van der Waals surface area contributed by atoms with E-state index in [-0.39, 0.29) is 0 Å². The van der Waals surface area contributed by atoms with Crippen molar-refractivity contribution >= 4 is 53.5 Å². The van der Waals surface area contributed by atoms with Crippen LogP contribution in [0.5, 0.6) is 0 Å². The van der Waals surface area contributed by atoms with Gasteiger partial charge < -0.3 is 5.32 Å². The SMILES string of the molecule is Brc1cc(Br)c(NCCn2cccn2)c(Br)c1. The van der Waals surface area contributed by atoms with Crippen LogP contribution in [0.1, 0.15) is 0 Å². The lowest BCUT2D eigenvalue weighted by Crippen LogP contribution is -2.11. The number of hydrogen-bond acceptors (Lipinski definition) is 2. The van der Waals surface area contributed by atoms with Crippen LogP contribution in [0.4, 0.5) is 5.69 Å². The number of aromatic nitrogens is 2. The van der Waals surface area contributed by atoms with Crippen LogP contribution in [-0.2, 0) is 6.54 Å². The van der Waals surface area contributed by atoms with Crippen molar-refractivity contribution in [3.05, 3.63) is 44.0 Å². The molecule has 2 rings (SSSR count). The smallest absolute Gasteiger partial charge is 0.0630 e. The second-order valence-electron chi connectivity index (χ2n) is 3.44. The summed E-state index contributed by atoms with van der Waals surface area (Å²) in [6.07, 6.45) is 3.73. The molecule has 0 amide bonds. The summed E-state index contributed by atoms with van der Waals surface area (Å²) >= 11 is 10.5. The first-order valence-corrected chi connectivity index (χ1v) is 7.40. The summed E-state index contributed by atoms with van der Waals surface area (Å²) in [6, 6.07) is 5.95. The van der Waals surface area contributed by atoms with Crippen LogP contribution in [0.15, 0.2) is 44.0 Å². The molecule has 2 aromatic rings. The van der Waals surface area contributed by atoms with Crippen molar-refractivity contribution in [2.75, 3.05) is 11.9 Å². The van der Waals surface area contributed by atoms with Gasteiger partial charge in [-0.15, -0.1) is 0 Å². The van der Waals surface area contributed by atoms with E-state index in [1.165, 1.54) is 0 Å². The molecule has 1 N–H and O–H groups in total. The maximum absolute atomic E-state index is 4.15. The fourth-order valence-electron chi connectivity index (χ4n) is 1.44. The molecule has 0 saturated heterocycles. The highest BCUT2D eigenvalue weighted by Crippen LogP contribution is 2.34. The number of nitrogens with zero attached hydrogens (tertiary/aromatic N) is 2. The molecule has 17 heavy (non-hydrogen) atoms. The Bertz CT molecular complexity index is 474. The van der Waals surface area contributed by atoms with Crippen molar-refractivity contribution < 1.29 is 0 Å². The predicted molar refractivity (Wildman–Crippen MR) is 80.3 cm³/mol. The Hall–Kier alpha value is -0.330. The quantitative estimate of drug-likeness (QED) is 0.795. The van der Waals surface area contributed by atoms with Gasteiger partial charge in [-0.05, 0) is 50.1 Å². The summed E-state index contributed by atoms with van der Waals surface area (Å²) in [5.74, 6) is 0. The molecule has 6 heteroatoms. The van der Waals surface area contributed by atoms with Crippen molar-refractivity contribution in [2.45, 2.75) is 6.54 Å². The van der Waals surface area contributed by atoms with Gasteiger partial charge in [-0.3, -0.25) is 4.68 Å². The van der Waals surface area contributed by atoms with Crippen LogP contribution in [0.25, 0.3) is 0 Å². The topological polar surface area (TPSA) is 29.9 Å². The molecule has 1 heterocycles. The lowest BCUT2D eigenvalue weighted by molar-refractivity contribution is 0.637. The van der Waals surface area contributed by atoms with Gasteiger partial charge in [0.2, 0.25) is 0 Å². The molecule has 3 nitrogen and oxygen atoms in total. The summed E-state index contributed by atoms with van der Waals surface area (Å²) in [4.78, 5) is 0. The van der Waals surface area contributed by atoms with E-state index in [1.54, 1.807) is 6.20 Å². The number of benzene rings is 1. The predicted octanol–water partition coefficient (Wildman–Crippen LogP) is 4.28. The van der Waals surface area contributed by atoms with Crippen LogP contribution < -0.4 is 5.32 Å². The molecule has 0 aliphatic rings. The Balaban J connectivity index is 1.99. The van der Waals surface area contributed by atoms with Crippen LogP contribution >= 0.6 is 47.8 Å². The second-order valence-corrected chi connectivity index (χ2v) is 6.06. The molecular weight excluding hydrogens is 414 g/mol. The van der Waals surface area contributed by atoms with Crippen molar-refractivity contribution in [3.63, 3.8) is 0 Å². The molecule has 1 aromatic heterocycles. The minimum Gasteiger partial charge on any atom is -0.381 e. The number of anilines is 1. The van der Waals surface area contributed by atoms with E-state index < -0.39 is 0 Å². The molecule has 0 radical (unpaired) electrons. The highest BCUT2D eigenvalue weighted by molar-refractivity contribution is 9.11. The Morgan fingerprint density at radius 3 is 2.47 bits per heavy atom. The van der Waals surface area contributed by atoms with Gasteiger partial charge in [0.25, 0.3) is 0 Å². The second kappa shape index (κ2) is 6.02. The average Bonchev–Trinajstić information content (AvgIpc) is 2.74. The zero-order valence-electron chi connectivity index (χ0n) is 8.83. The van der Waals surface area contributed by atoms with Crippen molar-refractivity contribution in [2.24, 2.45) is 0 Å². The normalized spacial score (nSPS) is 10.5. The standard InChI is InChI=1S/C11H10Br3N3/c12-8-6-9(13)11(10(14)7-8)15-3-5-17-4-1-2-16-17/h1-2,4,6-7,15H,3,5H2. The lowest BCUT2D eigenvalue weighted by Gasteiger charge is -2.11. The van der Waals surface area contributed by atoms with Crippen LogP contribution in [0.2, 0.25) is 0 Å². The Morgan fingerprint density at radius 2 is 1.88 bits per heavy atom. The fraction of sp³-hybridized carbons (Fsp3) is 0.182. The first-order chi connectivity index (χ1) is 8.16. The van der Waals surface area contributed by atoms with Crippen LogP contribution in [-0.4, -0.2) is 16.3 Å². The number of hydrogen-bond donors (Lipinski definition) is 1. The minimum atomic E-state index is 0.820. The van der Waals surface area contributed by atoms with Crippen LogP contribution in [0.3, 0.4) is 0 Å². The summed E-state index contributed by atoms with van der Waals surface area (Å²) in [5.41, 5.74) is 1.06. The molecule has 90 valence electrons. The number of halogens is 3. The van der Waals surface area contributed by atoms with Gasteiger partial charge in [0.15, 0.2) is 0 Å². The average molecular weight is 424 g/mol. The molecule has 0 aliphatic carbocycles. The maximum Gasteiger partial charge on any atom is 0.0630 e. The highest BCUT2D eigenvalue weighted by atomic mass is 79.9. The number of rotatable bonds is 4. The summed E-state index contributed by atoms with van der Waals surface area (Å²) < 4.78 is 4.99. The summed E-state index contributed by atoms with van der Waals surface area (Å²) in [6.45, 7) is 1.66.